The Balaban J connectivity index is 1.99. The van der Waals surface area contributed by atoms with Crippen LogP contribution in [0.4, 0.5) is 0 Å². The van der Waals surface area contributed by atoms with E-state index in [1.165, 1.54) is 6.42 Å². The molecule has 1 aromatic rings. The van der Waals surface area contributed by atoms with Crippen molar-refractivity contribution in [2.75, 3.05) is 0 Å². The van der Waals surface area contributed by atoms with Gasteiger partial charge in [-0.2, -0.15) is 4.89 Å². The Morgan fingerprint density at radius 3 is 2.59 bits per heavy atom. The molecule has 0 amide bonds. The topological polar surface area (TPSA) is 35.5 Å². The molecule has 1 saturated carbocycles. The van der Waals surface area contributed by atoms with Crippen LogP contribution in [-0.4, -0.2) is 12.1 Å². The number of hydrogen-bond donors (Lipinski definition) is 0. The molecule has 0 aliphatic heterocycles. The first kappa shape index (κ1) is 17.0. The first-order chi connectivity index (χ1) is 10.4. The van der Waals surface area contributed by atoms with Crippen LogP contribution in [0.1, 0.15) is 61.5 Å². The third-order valence-corrected chi connectivity index (χ3v) is 4.81. The van der Waals surface area contributed by atoms with E-state index in [4.69, 9.17) is 9.78 Å². The maximum Gasteiger partial charge on any atom is 0.373 e. The standard InChI is InChI=1S/C19H28O3/c1-12(2)16-8-6-14(4)11-18(16)21-22-19(20)17-9-7-13(3)10-15(17)5/h7,9-10,12,14,16,18H,6,8,11H2,1-5H3. The van der Waals surface area contributed by atoms with Crippen LogP contribution >= 0.6 is 0 Å². The molecule has 3 heteroatoms. The molecule has 1 fully saturated rings. The zero-order chi connectivity index (χ0) is 16.3. The van der Waals surface area contributed by atoms with Gasteiger partial charge in [-0.25, -0.2) is 4.79 Å². The highest BCUT2D eigenvalue weighted by molar-refractivity contribution is 5.90. The summed E-state index contributed by atoms with van der Waals surface area (Å²) in [6.45, 7) is 10.6. The average Bonchev–Trinajstić information content (AvgIpc) is 2.44. The van der Waals surface area contributed by atoms with Crippen molar-refractivity contribution in [1.29, 1.82) is 0 Å². The Labute approximate surface area is 133 Å². The molecular weight excluding hydrogens is 276 g/mol. The number of carbonyl (C=O) groups is 1. The molecule has 3 atom stereocenters. The van der Waals surface area contributed by atoms with Crippen molar-refractivity contribution < 1.29 is 14.6 Å². The van der Waals surface area contributed by atoms with Crippen molar-refractivity contribution in [2.45, 2.75) is 60.0 Å². The fraction of sp³-hybridized carbons (Fsp3) is 0.632. The summed E-state index contributed by atoms with van der Waals surface area (Å²) in [7, 11) is 0. The number of hydrogen-bond acceptors (Lipinski definition) is 3. The Hall–Kier alpha value is -1.35. The van der Waals surface area contributed by atoms with E-state index in [-0.39, 0.29) is 6.10 Å². The molecule has 0 radical (unpaired) electrons. The molecule has 122 valence electrons. The van der Waals surface area contributed by atoms with Crippen LogP contribution in [0.15, 0.2) is 18.2 Å². The SMILES string of the molecule is Cc1ccc(C(=O)OOC2CC(C)CCC2C(C)C)c(C)c1. The molecule has 1 aliphatic carbocycles. The quantitative estimate of drug-likeness (QED) is 0.589. The summed E-state index contributed by atoms with van der Waals surface area (Å²) in [5.74, 6) is 1.23. The summed E-state index contributed by atoms with van der Waals surface area (Å²) in [4.78, 5) is 23.0. The van der Waals surface area contributed by atoms with E-state index in [0.717, 1.165) is 24.0 Å². The van der Waals surface area contributed by atoms with Crippen LogP contribution in [-0.2, 0) is 9.78 Å². The van der Waals surface area contributed by atoms with Gasteiger partial charge in [0, 0.05) is 0 Å². The third kappa shape index (κ3) is 4.10. The van der Waals surface area contributed by atoms with Gasteiger partial charge in [-0.1, -0.05) is 44.9 Å². The van der Waals surface area contributed by atoms with Gasteiger partial charge < -0.3 is 0 Å². The molecule has 0 aromatic heterocycles. The second-order valence-corrected chi connectivity index (χ2v) is 7.15. The zero-order valence-corrected chi connectivity index (χ0v) is 14.4. The Morgan fingerprint density at radius 2 is 1.95 bits per heavy atom. The number of benzene rings is 1. The van der Waals surface area contributed by atoms with Crippen molar-refractivity contribution >= 4 is 5.97 Å². The van der Waals surface area contributed by atoms with Crippen LogP contribution in [0.5, 0.6) is 0 Å². The van der Waals surface area contributed by atoms with E-state index in [0.29, 0.717) is 23.3 Å². The summed E-state index contributed by atoms with van der Waals surface area (Å²) < 4.78 is 0. The molecule has 3 unspecified atom stereocenters. The molecule has 0 heterocycles. The van der Waals surface area contributed by atoms with Crippen molar-refractivity contribution in [1.82, 2.24) is 0 Å². The fourth-order valence-corrected chi connectivity index (χ4v) is 3.42. The smallest absolute Gasteiger partial charge is 0.293 e. The summed E-state index contributed by atoms with van der Waals surface area (Å²) >= 11 is 0. The maximum absolute atomic E-state index is 12.2. The average molecular weight is 304 g/mol. The van der Waals surface area contributed by atoms with E-state index in [9.17, 15) is 4.79 Å². The van der Waals surface area contributed by atoms with Gasteiger partial charge in [-0.15, -0.1) is 0 Å². The number of carbonyl (C=O) groups excluding carboxylic acids is 1. The van der Waals surface area contributed by atoms with Crippen molar-refractivity contribution in [3.05, 3.63) is 34.9 Å². The van der Waals surface area contributed by atoms with Gasteiger partial charge in [-0.05, 0) is 56.1 Å². The Morgan fingerprint density at radius 1 is 1.23 bits per heavy atom. The van der Waals surface area contributed by atoms with Crippen LogP contribution in [0.25, 0.3) is 0 Å². The molecule has 1 aromatic carbocycles. The van der Waals surface area contributed by atoms with Crippen LogP contribution in [0, 0.1) is 31.6 Å². The molecule has 0 N–H and O–H groups in total. The first-order valence-corrected chi connectivity index (χ1v) is 8.33. The van der Waals surface area contributed by atoms with Crippen LogP contribution in [0.3, 0.4) is 0 Å². The normalized spacial score (nSPS) is 25.3. The molecule has 2 rings (SSSR count). The number of aryl methyl sites for hydroxylation is 2. The van der Waals surface area contributed by atoms with E-state index in [1.807, 2.05) is 26.0 Å². The van der Waals surface area contributed by atoms with Gasteiger partial charge >= 0.3 is 5.97 Å². The Kier molecular flexibility index (Phi) is 5.63. The minimum absolute atomic E-state index is 0.0125. The van der Waals surface area contributed by atoms with Gasteiger partial charge in [0.2, 0.25) is 0 Å². The predicted octanol–water partition coefficient (Wildman–Crippen LogP) is 4.85. The second kappa shape index (κ2) is 7.28. The molecular formula is C19H28O3. The molecule has 22 heavy (non-hydrogen) atoms. The predicted molar refractivity (Wildman–Crippen MR) is 87.5 cm³/mol. The molecule has 0 spiro atoms. The Bertz CT molecular complexity index is 521. The summed E-state index contributed by atoms with van der Waals surface area (Å²) in [6, 6.07) is 5.71. The van der Waals surface area contributed by atoms with E-state index in [1.54, 1.807) is 6.07 Å². The summed E-state index contributed by atoms with van der Waals surface area (Å²) in [5.41, 5.74) is 2.64. The highest BCUT2D eigenvalue weighted by Gasteiger charge is 2.33. The highest BCUT2D eigenvalue weighted by atomic mass is 17.2. The summed E-state index contributed by atoms with van der Waals surface area (Å²) in [5, 5.41) is 0. The lowest BCUT2D eigenvalue weighted by molar-refractivity contribution is -0.296. The highest BCUT2D eigenvalue weighted by Crippen LogP contribution is 2.35. The van der Waals surface area contributed by atoms with E-state index in [2.05, 4.69) is 20.8 Å². The van der Waals surface area contributed by atoms with Crippen LogP contribution in [0.2, 0.25) is 0 Å². The second-order valence-electron chi connectivity index (χ2n) is 7.15. The van der Waals surface area contributed by atoms with Crippen LogP contribution < -0.4 is 0 Å². The van der Waals surface area contributed by atoms with E-state index >= 15 is 0 Å². The molecule has 1 aliphatic rings. The lowest BCUT2D eigenvalue weighted by atomic mass is 9.75. The monoisotopic (exact) mass is 304 g/mol. The molecule has 3 nitrogen and oxygen atoms in total. The van der Waals surface area contributed by atoms with Gasteiger partial charge in [-0.3, -0.25) is 4.89 Å². The van der Waals surface area contributed by atoms with Gasteiger partial charge in [0.25, 0.3) is 0 Å². The minimum Gasteiger partial charge on any atom is -0.293 e. The number of rotatable bonds is 4. The lowest BCUT2D eigenvalue weighted by Gasteiger charge is -2.35. The van der Waals surface area contributed by atoms with Gasteiger partial charge in [0.1, 0.15) is 6.10 Å². The molecule has 0 bridgehead atoms. The van der Waals surface area contributed by atoms with Gasteiger partial charge in [0.15, 0.2) is 0 Å². The van der Waals surface area contributed by atoms with Gasteiger partial charge in [0.05, 0.1) is 5.56 Å². The van der Waals surface area contributed by atoms with Crippen molar-refractivity contribution in [3.63, 3.8) is 0 Å². The van der Waals surface area contributed by atoms with Crippen molar-refractivity contribution in [2.24, 2.45) is 17.8 Å². The zero-order valence-electron chi connectivity index (χ0n) is 14.4. The van der Waals surface area contributed by atoms with E-state index < -0.39 is 5.97 Å². The maximum atomic E-state index is 12.2. The third-order valence-electron chi connectivity index (χ3n) is 4.81. The fourth-order valence-electron chi connectivity index (χ4n) is 3.42. The molecule has 0 saturated heterocycles. The summed E-state index contributed by atoms with van der Waals surface area (Å²) in [6.07, 6.45) is 3.35. The lowest BCUT2D eigenvalue weighted by Crippen LogP contribution is -2.35. The largest absolute Gasteiger partial charge is 0.373 e. The van der Waals surface area contributed by atoms with Crippen molar-refractivity contribution in [3.8, 4) is 0 Å². The first-order valence-electron chi connectivity index (χ1n) is 8.33. The minimum atomic E-state index is -0.391.